The maximum absolute atomic E-state index is 12.1. The summed E-state index contributed by atoms with van der Waals surface area (Å²) in [5.74, 6) is 0.0623. The molecule has 0 heterocycles. The molecule has 0 unspecified atom stereocenters. The van der Waals surface area contributed by atoms with Crippen LogP contribution in [0.5, 0.6) is 5.75 Å². The molecular formula is C14H10BrCl2NO2. The molecule has 0 bridgehead atoms. The second kappa shape index (κ2) is 6.48. The fourth-order valence-electron chi connectivity index (χ4n) is 1.62. The fourth-order valence-corrected chi connectivity index (χ4v) is 2.53. The molecule has 0 aliphatic carbocycles. The van der Waals surface area contributed by atoms with Crippen molar-refractivity contribution in [2.75, 3.05) is 12.4 Å². The van der Waals surface area contributed by atoms with E-state index in [1.807, 2.05) is 12.1 Å². The van der Waals surface area contributed by atoms with E-state index in [9.17, 15) is 4.79 Å². The first kappa shape index (κ1) is 15.2. The predicted molar refractivity (Wildman–Crippen MR) is 85.1 cm³/mol. The van der Waals surface area contributed by atoms with E-state index in [0.717, 1.165) is 4.47 Å². The minimum Gasteiger partial charge on any atom is -0.494 e. The average Bonchev–Trinajstić information content (AvgIpc) is 2.41. The van der Waals surface area contributed by atoms with Gasteiger partial charge in [0.1, 0.15) is 0 Å². The van der Waals surface area contributed by atoms with Crippen molar-refractivity contribution in [3.8, 4) is 5.75 Å². The number of carbonyl (C=O) groups excluding carboxylic acids is 1. The number of amides is 1. The summed E-state index contributed by atoms with van der Waals surface area (Å²) in [6.07, 6.45) is 0. The first-order valence-electron chi connectivity index (χ1n) is 5.61. The quantitative estimate of drug-likeness (QED) is 0.819. The van der Waals surface area contributed by atoms with Crippen LogP contribution >= 0.6 is 39.1 Å². The van der Waals surface area contributed by atoms with Crippen LogP contribution in [-0.2, 0) is 0 Å². The fraction of sp³-hybridized carbons (Fsp3) is 0.0714. The summed E-state index contributed by atoms with van der Waals surface area (Å²) in [5.41, 5.74) is 1.05. The van der Waals surface area contributed by atoms with Crippen LogP contribution in [0, 0.1) is 0 Å². The normalized spacial score (nSPS) is 10.2. The number of rotatable bonds is 3. The van der Waals surface area contributed by atoms with Crippen molar-refractivity contribution in [3.05, 3.63) is 56.5 Å². The Bertz CT molecular complexity index is 621. The van der Waals surface area contributed by atoms with Gasteiger partial charge in [-0.05, 0) is 36.4 Å². The molecule has 6 heteroatoms. The molecule has 0 radical (unpaired) electrons. The lowest BCUT2D eigenvalue weighted by atomic mass is 10.2. The second-order valence-corrected chi connectivity index (χ2v) is 5.66. The van der Waals surface area contributed by atoms with E-state index >= 15 is 0 Å². The molecule has 2 aromatic rings. The van der Waals surface area contributed by atoms with Crippen molar-refractivity contribution in [3.63, 3.8) is 0 Å². The van der Waals surface area contributed by atoms with Gasteiger partial charge in [-0.15, -0.1) is 0 Å². The van der Waals surface area contributed by atoms with Gasteiger partial charge in [-0.2, -0.15) is 0 Å². The topological polar surface area (TPSA) is 38.3 Å². The Labute approximate surface area is 135 Å². The molecule has 104 valence electrons. The van der Waals surface area contributed by atoms with Crippen LogP contribution in [0.3, 0.4) is 0 Å². The van der Waals surface area contributed by atoms with E-state index < -0.39 is 0 Å². The predicted octanol–water partition coefficient (Wildman–Crippen LogP) is 5.02. The molecule has 1 N–H and O–H groups in total. The number of anilines is 1. The van der Waals surface area contributed by atoms with E-state index in [-0.39, 0.29) is 5.91 Å². The van der Waals surface area contributed by atoms with Crippen molar-refractivity contribution in [2.45, 2.75) is 0 Å². The van der Waals surface area contributed by atoms with Crippen LogP contribution in [0.15, 0.2) is 40.9 Å². The molecule has 0 aliphatic rings. The largest absolute Gasteiger partial charge is 0.494 e. The zero-order valence-electron chi connectivity index (χ0n) is 10.4. The Hall–Kier alpha value is -1.23. The van der Waals surface area contributed by atoms with Crippen LogP contribution in [0.25, 0.3) is 0 Å². The number of carbonyl (C=O) groups is 1. The molecule has 0 atom stereocenters. The summed E-state index contributed by atoms with van der Waals surface area (Å²) in [6, 6.07) is 10.3. The number of ether oxygens (including phenoxy) is 1. The van der Waals surface area contributed by atoms with Crippen molar-refractivity contribution >= 4 is 50.7 Å². The molecule has 0 saturated carbocycles. The number of hydrogen-bond donors (Lipinski definition) is 1. The van der Waals surface area contributed by atoms with Crippen molar-refractivity contribution in [2.24, 2.45) is 0 Å². The standard InChI is InChI=1S/C14H10BrCl2NO2/c1-20-13-11(16)6-8(7-12(13)17)14(19)18-10-4-2-9(15)3-5-10/h2-7H,1H3,(H,18,19). The van der Waals surface area contributed by atoms with Crippen LogP contribution in [-0.4, -0.2) is 13.0 Å². The second-order valence-electron chi connectivity index (χ2n) is 3.93. The van der Waals surface area contributed by atoms with Crippen LogP contribution in [0.1, 0.15) is 10.4 Å². The van der Waals surface area contributed by atoms with Gasteiger partial charge in [-0.3, -0.25) is 4.79 Å². The monoisotopic (exact) mass is 373 g/mol. The highest BCUT2D eigenvalue weighted by Gasteiger charge is 2.13. The molecule has 0 saturated heterocycles. The minimum atomic E-state index is -0.293. The lowest BCUT2D eigenvalue weighted by Gasteiger charge is -2.09. The Balaban J connectivity index is 2.23. The molecule has 0 spiro atoms. The maximum atomic E-state index is 12.1. The van der Waals surface area contributed by atoms with Crippen molar-refractivity contribution < 1.29 is 9.53 Å². The van der Waals surface area contributed by atoms with Gasteiger partial charge in [0.2, 0.25) is 0 Å². The third-order valence-corrected chi connectivity index (χ3v) is 3.66. The number of halogens is 3. The highest BCUT2D eigenvalue weighted by molar-refractivity contribution is 9.10. The zero-order valence-corrected chi connectivity index (χ0v) is 13.5. The lowest BCUT2D eigenvalue weighted by molar-refractivity contribution is 0.102. The molecule has 20 heavy (non-hydrogen) atoms. The first-order chi connectivity index (χ1) is 9.51. The molecule has 2 aromatic carbocycles. The van der Waals surface area contributed by atoms with E-state index in [1.54, 1.807) is 12.1 Å². The Kier molecular flexibility index (Phi) is 4.91. The van der Waals surface area contributed by atoms with Gasteiger partial charge >= 0.3 is 0 Å². The third kappa shape index (κ3) is 3.45. The Morgan fingerprint density at radius 1 is 1.15 bits per heavy atom. The summed E-state index contributed by atoms with van der Waals surface area (Å²) in [7, 11) is 1.47. The zero-order chi connectivity index (χ0) is 14.7. The highest BCUT2D eigenvalue weighted by atomic mass is 79.9. The lowest BCUT2D eigenvalue weighted by Crippen LogP contribution is -2.12. The van der Waals surface area contributed by atoms with E-state index in [2.05, 4.69) is 21.2 Å². The summed E-state index contributed by atoms with van der Waals surface area (Å²) in [5, 5.41) is 3.34. The van der Waals surface area contributed by atoms with Gasteiger partial charge in [0.25, 0.3) is 5.91 Å². The van der Waals surface area contributed by atoms with Gasteiger partial charge in [-0.1, -0.05) is 39.1 Å². The molecule has 0 fully saturated rings. The Morgan fingerprint density at radius 3 is 2.20 bits per heavy atom. The van der Waals surface area contributed by atoms with Crippen LogP contribution in [0.2, 0.25) is 10.0 Å². The van der Waals surface area contributed by atoms with E-state index in [0.29, 0.717) is 27.0 Å². The molecule has 1 amide bonds. The average molecular weight is 375 g/mol. The number of hydrogen-bond acceptors (Lipinski definition) is 2. The highest BCUT2D eigenvalue weighted by Crippen LogP contribution is 2.34. The van der Waals surface area contributed by atoms with Gasteiger partial charge in [0, 0.05) is 15.7 Å². The minimum absolute atomic E-state index is 0.293. The molecule has 3 nitrogen and oxygen atoms in total. The van der Waals surface area contributed by atoms with Gasteiger partial charge in [0.05, 0.1) is 17.2 Å². The number of nitrogens with one attached hydrogen (secondary N) is 1. The number of methoxy groups -OCH3 is 1. The van der Waals surface area contributed by atoms with Crippen LogP contribution in [0.4, 0.5) is 5.69 Å². The number of benzene rings is 2. The summed E-state index contributed by atoms with van der Waals surface area (Å²) in [6.45, 7) is 0. The third-order valence-electron chi connectivity index (χ3n) is 2.57. The molecular weight excluding hydrogens is 365 g/mol. The van der Waals surface area contributed by atoms with E-state index in [1.165, 1.54) is 19.2 Å². The van der Waals surface area contributed by atoms with Gasteiger partial charge in [0.15, 0.2) is 5.75 Å². The summed E-state index contributed by atoms with van der Waals surface area (Å²) in [4.78, 5) is 12.1. The van der Waals surface area contributed by atoms with E-state index in [4.69, 9.17) is 27.9 Å². The van der Waals surface area contributed by atoms with Crippen molar-refractivity contribution in [1.82, 2.24) is 0 Å². The summed E-state index contributed by atoms with van der Waals surface area (Å²) >= 11 is 15.3. The molecule has 0 aliphatic heterocycles. The Morgan fingerprint density at radius 2 is 1.70 bits per heavy atom. The van der Waals surface area contributed by atoms with Gasteiger partial charge < -0.3 is 10.1 Å². The SMILES string of the molecule is COc1c(Cl)cc(C(=O)Nc2ccc(Br)cc2)cc1Cl. The molecule has 2 rings (SSSR count). The van der Waals surface area contributed by atoms with Crippen LogP contribution < -0.4 is 10.1 Å². The maximum Gasteiger partial charge on any atom is 0.255 e. The molecule has 0 aromatic heterocycles. The smallest absolute Gasteiger partial charge is 0.255 e. The first-order valence-corrected chi connectivity index (χ1v) is 7.16. The van der Waals surface area contributed by atoms with Gasteiger partial charge in [-0.25, -0.2) is 0 Å². The summed E-state index contributed by atoms with van der Waals surface area (Å²) < 4.78 is 5.98. The van der Waals surface area contributed by atoms with Crippen molar-refractivity contribution in [1.29, 1.82) is 0 Å².